The Morgan fingerprint density at radius 1 is 1.24 bits per heavy atom. The molecule has 0 atom stereocenters. The Morgan fingerprint density at radius 2 is 2.00 bits per heavy atom. The van der Waals surface area contributed by atoms with Crippen LogP contribution in [0, 0.1) is 0 Å². The molecule has 0 aliphatic heterocycles. The zero-order chi connectivity index (χ0) is 14.8. The van der Waals surface area contributed by atoms with Gasteiger partial charge < -0.3 is 5.32 Å². The van der Waals surface area contributed by atoms with Crippen LogP contribution in [0.3, 0.4) is 0 Å². The molecule has 3 rings (SSSR count). The third-order valence-corrected chi connectivity index (χ3v) is 3.49. The van der Waals surface area contributed by atoms with Crippen molar-refractivity contribution < 1.29 is 4.79 Å². The Kier molecular flexibility index (Phi) is 3.58. The second kappa shape index (κ2) is 5.54. The summed E-state index contributed by atoms with van der Waals surface area (Å²) in [5.74, 6) is -0.141. The van der Waals surface area contributed by atoms with Crippen molar-refractivity contribution >= 4 is 28.5 Å². The van der Waals surface area contributed by atoms with Crippen molar-refractivity contribution in [2.24, 2.45) is 7.05 Å². The molecule has 21 heavy (non-hydrogen) atoms. The van der Waals surface area contributed by atoms with Crippen LogP contribution in [0.5, 0.6) is 0 Å². The second-order valence-electron chi connectivity index (χ2n) is 4.73. The number of rotatable bonds is 3. The van der Waals surface area contributed by atoms with Gasteiger partial charge in [-0.2, -0.15) is 0 Å². The zero-order valence-electron chi connectivity index (χ0n) is 11.4. The molecule has 1 N–H and O–H groups in total. The Morgan fingerprint density at radius 3 is 2.76 bits per heavy atom. The summed E-state index contributed by atoms with van der Waals surface area (Å²) >= 11 is 5.83. The van der Waals surface area contributed by atoms with Crippen LogP contribution in [-0.2, 0) is 13.6 Å². The predicted octanol–water partition coefficient (Wildman–Crippen LogP) is 2.55. The van der Waals surface area contributed by atoms with Gasteiger partial charge in [0.1, 0.15) is 5.52 Å². The van der Waals surface area contributed by atoms with E-state index in [0.717, 1.165) is 11.1 Å². The van der Waals surface area contributed by atoms with Gasteiger partial charge in [0.05, 0.1) is 5.52 Å². The number of amides is 1. The van der Waals surface area contributed by atoms with Crippen molar-refractivity contribution in [3.05, 3.63) is 58.6 Å². The monoisotopic (exact) mass is 300 g/mol. The first-order valence-electron chi connectivity index (χ1n) is 6.45. The zero-order valence-corrected chi connectivity index (χ0v) is 12.1. The molecule has 0 aliphatic rings. The van der Waals surface area contributed by atoms with Gasteiger partial charge in [-0.15, -0.1) is 5.10 Å². The molecule has 0 saturated heterocycles. The smallest absolute Gasteiger partial charge is 0.251 e. The lowest BCUT2D eigenvalue weighted by Crippen LogP contribution is -2.22. The Labute approximate surface area is 126 Å². The van der Waals surface area contributed by atoms with Crippen molar-refractivity contribution in [2.75, 3.05) is 0 Å². The highest BCUT2D eigenvalue weighted by molar-refractivity contribution is 6.30. The summed E-state index contributed by atoms with van der Waals surface area (Å²) in [5, 5.41) is 11.5. The topological polar surface area (TPSA) is 59.8 Å². The Hall–Kier alpha value is -2.40. The van der Waals surface area contributed by atoms with Gasteiger partial charge in [-0.3, -0.25) is 4.79 Å². The first kappa shape index (κ1) is 13.6. The highest BCUT2D eigenvalue weighted by atomic mass is 35.5. The van der Waals surface area contributed by atoms with E-state index >= 15 is 0 Å². The van der Waals surface area contributed by atoms with Gasteiger partial charge in [0.15, 0.2) is 0 Å². The van der Waals surface area contributed by atoms with Crippen molar-refractivity contribution in [2.45, 2.75) is 6.54 Å². The summed E-state index contributed by atoms with van der Waals surface area (Å²) < 4.78 is 1.67. The van der Waals surface area contributed by atoms with E-state index < -0.39 is 0 Å². The molecule has 0 spiro atoms. The van der Waals surface area contributed by atoms with Crippen LogP contribution in [0.15, 0.2) is 42.5 Å². The van der Waals surface area contributed by atoms with Gasteiger partial charge in [0.2, 0.25) is 0 Å². The van der Waals surface area contributed by atoms with E-state index in [4.69, 9.17) is 11.6 Å². The van der Waals surface area contributed by atoms with E-state index in [0.29, 0.717) is 22.6 Å². The first-order valence-corrected chi connectivity index (χ1v) is 6.83. The normalized spacial score (nSPS) is 10.8. The third-order valence-electron chi connectivity index (χ3n) is 3.24. The van der Waals surface area contributed by atoms with E-state index in [1.54, 1.807) is 28.9 Å². The van der Waals surface area contributed by atoms with Gasteiger partial charge in [-0.1, -0.05) is 28.9 Å². The lowest BCUT2D eigenvalue weighted by molar-refractivity contribution is 0.0951. The molecular formula is C15H13ClN4O. The number of carbonyl (C=O) groups excluding carboxylic acids is 1. The molecule has 106 valence electrons. The van der Waals surface area contributed by atoms with Crippen LogP contribution in [0.4, 0.5) is 0 Å². The van der Waals surface area contributed by atoms with Crippen LogP contribution in [0.25, 0.3) is 11.0 Å². The number of halogens is 1. The molecule has 1 heterocycles. The minimum Gasteiger partial charge on any atom is -0.348 e. The fraction of sp³-hybridized carbons (Fsp3) is 0.133. The maximum absolute atomic E-state index is 12.1. The standard InChI is InChI=1S/C15H13ClN4O/c1-20-14-7-4-11(8-13(14)18-19-20)15(21)17-9-10-2-5-12(16)6-3-10/h2-8H,9H2,1H3,(H,17,21). The maximum Gasteiger partial charge on any atom is 0.251 e. The van der Waals surface area contributed by atoms with Gasteiger partial charge in [-0.05, 0) is 35.9 Å². The van der Waals surface area contributed by atoms with E-state index in [9.17, 15) is 4.79 Å². The largest absolute Gasteiger partial charge is 0.348 e. The fourth-order valence-electron chi connectivity index (χ4n) is 2.07. The second-order valence-corrected chi connectivity index (χ2v) is 5.16. The SMILES string of the molecule is Cn1nnc2cc(C(=O)NCc3ccc(Cl)cc3)ccc21. The van der Waals surface area contributed by atoms with E-state index in [1.807, 2.05) is 25.2 Å². The summed E-state index contributed by atoms with van der Waals surface area (Å²) in [6.45, 7) is 0.453. The number of nitrogens with one attached hydrogen (secondary N) is 1. The summed E-state index contributed by atoms with van der Waals surface area (Å²) in [5.41, 5.74) is 3.16. The minimum atomic E-state index is -0.141. The first-order chi connectivity index (χ1) is 10.1. The number of fused-ring (bicyclic) bond motifs is 1. The van der Waals surface area contributed by atoms with Crippen molar-refractivity contribution in [3.8, 4) is 0 Å². The molecule has 2 aromatic carbocycles. The van der Waals surface area contributed by atoms with E-state index in [1.165, 1.54) is 0 Å². The molecule has 1 amide bonds. The lowest BCUT2D eigenvalue weighted by atomic mass is 10.1. The molecule has 0 fully saturated rings. The molecule has 0 unspecified atom stereocenters. The third kappa shape index (κ3) is 2.87. The highest BCUT2D eigenvalue weighted by Crippen LogP contribution is 2.13. The highest BCUT2D eigenvalue weighted by Gasteiger charge is 2.08. The number of hydrogen-bond donors (Lipinski definition) is 1. The number of carbonyl (C=O) groups is 1. The quantitative estimate of drug-likeness (QED) is 0.808. The molecule has 0 bridgehead atoms. The summed E-state index contributed by atoms with van der Waals surface area (Å²) in [4.78, 5) is 12.1. The molecule has 0 radical (unpaired) electrons. The van der Waals surface area contributed by atoms with E-state index in [-0.39, 0.29) is 5.91 Å². The number of aryl methyl sites for hydroxylation is 1. The molecular weight excluding hydrogens is 288 g/mol. The lowest BCUT2D eigenvalue weighted by Gasteiger charge is -2.05. The average Bonchev–Trinajstić information content (AvgIpc) is 2.87. The number of nitrogens with zero attached hydrogens (tertiary/aromatic N) is 3. The number of hydrogen-bond acceptors (Lipinski definition) is 3. The van der Waals surface area contributed by atoms with Crippen LogP contribution in [0.1, 0.15) is 15.9 Å². The summed E-state index contributed by atoms with van der Waals surface area (Å²) in [6.07, 6.45) is 0. The van der Waals surface area contributed by atoms with Crippen molar-refractivity contribution in [3.63, 3.8) is 0 Å². The van der Waals surface area contributed by atoms with Crippen molar-refractivity contribution in [1.82, 2.24) is 20.3 Å². The minimum absolute atomic E-state index is 0.141. The van der Waals surface area contributed by atoms with Crippen molar-refractivity contribution in [1.29, 1.82) is 0 Å². The molecule has 0 saturated carbocycles. The van der Waals surface area contributed by atoms with Gasteiger partial charge in [-0.25, -0.2) is 4.68 Å². The summed E-state index contributed by atoms with van der Waals surface area (Å²) in [6, 6.07) is 12.7. The Bertz CT molecular complexity index is 795. The average molecular weight is 301 g/mol. The molecule has 5 nitrogen and oxygen atoms in total. The van der Waals surface area contributed by atoms with E-state index in [2.05, 4.69) is 15.6 Å². The van der Waals surface area contributed by atoms with Crippen LogP contribution in [0.2, 0.25) is 5.02 Å². The van der Waals surface area contributed by atoms with Crippen LogP contribution < -0.4 is 5.32 Å². The molecule has 1 aromatic heterocycles. The fourth-order valence-corrected chi connectivity index (χ4v) is 2.19. The summed E-state index contributed by atoms with van der Waals surface area (Å²) in [7, 11) is 1.82. The number of benzene rings is 2. The van der Waals surface area contributed by atoms with Gasteiger partial charge in [0.25, 0.3) is 5.91 Å². The van der Waals surface area contributed by atoms with Gasteiger partial charge in [0, 0.05) is 24.2 Å². The van der Waals surface area contributed by atoms with Crippen LogP contribution >= 0.6 is 11.6 Å². The Balaban J connectivity index is 1.73. The maximum atomic E-state index is 12.1. The number of aromatic nitrogens is 3. The molecule has 0 aliphatic carbocycles. The molecule has 6 heteroatoms. The predicted molar refractivity (Wildman–Crippen MR) is 81.1 cm³/mol. The molecule has 3 aromatic rings. The van der Waals surface area contributed by atoms with Gasteiger partial charge >= 0.3 is 0 Å². The van der Waals surface area contributed by atoms with Crippen LogP contribution in [-0.4, -0.2) is 20.9 Å².